The van der Waals surface area contributed by atoms with Gasteiger partial charge in [0.2, 0.25) is 0 Å². The maximum absolute atomic E-state index is 9.41. The summed E-state index contributed by atoms with van der Waals surface area (Å²) in [6, 6.07) is 11.1. The molecule has 1 atom stereocenters. The molecular formula is C17H27N3. The maximum Gasteiger partial charge on any atom is 0.105 e. The van der Waals surface area contributed by atoms with Crippen molar-refractivity contribution in [1.29, 1.82) is 5.26 Å². The Morgan fingerprint density at radius 3 is 2.50 bits per heavy atom. The van der Waals surface area contributed by atoms with Crippen LogP contribution in [-0.2, 0) is 0 Å². The van der Waals surface area contributed by atoms with Crippen LogP contribution in [0.5, 0.6) is 0 Å². The van der Waals surface area contributed by atoms with Crippen LogP contribution in [0.25, 0.3) is 0 Å². The smallest absolute Gasteiger partial charge is 0.105 e. The minimum absolute atomic E-state index is 0.313. The quantitative estimate of drug-likeness (QED) is 0.826. The molecule has 1 N–H and O–H groups in total. The van der Waals surface area contributed by atoms with Crippen molar-refractivity contribution in [3.05, 3.63) is 29.8 Å². The zero-order chi connectivity index (χ0) is 15.2. The molecule has 0 fully saturated rings. The van der Waals surface area contributed by atoms with Crippen molar-refractivity contribution in [3.8, 4) is 6.07 Å². The number of benzene rings is 1. The highest BCUT2D eigenvalue weighted by molar-refractivity contribution is 5.52. The van der Waals surface area contributed by atoms with Crippen LogP contribution >= 0.6 is 0 Å². The molecule has 0 amide bonds. The first-order chi connectivity index (χ1) is 9.41. The van der Waals surface area contributed by atoms with E-state index in [1.54, 1.807) is 0 Å². The van der Waals surface area contributed by atoms with Crippen LogP contribution in [0.4, 0.5) is 5.69 Å². The van der Waals surface area contributed by atoms with E-state index in [9.17, 15) is 5.26 Å². The first-order valence-corrected chi connectivity index (χ1v) is 7.41. The first-order valence-electron chi connectivity index (χ1n) is 7.41. The predicted octanol–water partition coefficient (Wildman–Crippen LogP) is 3.49. The van der Waals surface area contributed by atoms with Gasteiger partial charge in [0.15, 0.2) is 0 Å². The molecule has 1 aromatic rings. The number of anilines is 1. The molecule has 0 saturated heterocycles. The van der Waals surface area contributed by atoms with Gasteiger partial charge in [-0.05, 0) is 52.7 Å². The van der Waals surface area contributed by atoms with Crippen LogP contribution in [0.2, 0.25) is 0 Å². The van der Waals surface area contributed by atoms with Crippen molar-refractivity contribution >= 4 is 5.69 Å². The lowest BCUT2D eigenvalue weighted by Crippen LogP contribution is -2.47. The Morgan fingerprint density at radius 1 is 1.35 bits per heavy atom. The molecule has 0 heterocycles. The van der Waals surface area contributed by atoms with Gasteiger partial charge in [-0.1, -0.05) is 18.2 Å². The van der Waals surface area contributed by atoms with E-state index in [1.807, 2.05) is 6.92 Å². The molecule has 1 aromatic carbocycles. The topological polar surface area (TPSA) is 39.1 Å². The van der Waals surface area contributed by atoms with Crippen LogP contribution in [0.3, 0.4) is 0 Å². The van der Waals surface area contributed by atoms with Crippen LogP contribution in [0.15, 0.2) is 24.3 Å². The molecule has 0 saturated carbocycles. The zero-order valence-corrected chi connectivity index (χ0v) is 13.4. The summed E-state index contributed by atoms with van der Waals surface area (Å²) >= 11 is 0. The van der Waals surface area contributed by atoms with Gasteiger partial charge in [0.05, 0.1) is 6.07 Å². The van der Waals surface area contributed by atoms with E-state index in [0.29, 0.717) is 6.04 Å². The summed E-state index contributed by atoms with van der Waals surface area (Å²) in [5.41, 5.74) is 2.08. The normalized spacial score (nSPS) is 13.8. The Bertz CT molecular complexity index is 462. The van der Waals surface area contributed by atoms with Gasteiger partial charge in [-0.3, -0.25) is 5.32 Å². The van der Waals surface area contributed by atoms with Gasteiger partial charge in [0.25, 0.3) is 0 Å². The lowest BCUT2D eigenvalue weighted by molar-refractivity contribution is 0.383. The van der Waals surface area contributed by atoms with E-state index in [4.69, 9.17) is 0 Å². The molecule has 1 rings (SSSR count). The average Bonchev–Trinajstić information content (AvgIpc) is 2.40. The Labute approximate surface area is 123 Å². The fourth-order valence-electron chi connectivity index (χ4n) is 2.52. The van der Waals surface area contributed by atoms with E-state index in [2.05, 4.69) is 68.2 Å². The molecular weight excluding hydrogens is 246 g/mol. The summed E-state index contributed by atoms with van der Waals surface area (Å²) < 4.78 is 0. The van der Waals surface area contributed by atoms with Crippen molar-refractivity contribution in [2.45, 2.75) is 52.6 Å². The van der Waals surface area contributed by atoms with Crippen LogP contribution in [0, 0.1) is 18.3 Å². The molecule has 20 heavy (non-hydrogen) atoms. The second kappa shape index (κ2) is 7.31. The fourth-order valence-corrected chi connectivity index (χ4v) is 2.52. The third-order valence-electron chi connectivity index (χ3n) is 3.57. The minimum atomic E-state index is -0.468. The number of rotatable bonds is 7. The van der Waals surface area contributed by atoms with Crippen molar-refractivity contribution in [3.63, 3.8) is 0 Å². The molecule has 1 unspecified atom stereocenters. The van der Waals surface area contributed by atoms with Gasteiger partial charge < -0.3 is 4.90 Å². The number of nitriles is 1. The third kappa shape index (κ3) is 4.54. The molecule has 3 heteroatoms. The predicted molar refractivity (Wildman–Crippen MR) is 86.0 cm³/mol. The summed E-state index contributed by atoms with van der Waals surface area (Å²) in [4.78, 5) is 2.34. The summed E-state index contributed by atoms with van der Waals surface area (Å²) in [7, 11) is 0. The molecule has 0 radical (unpaired) electrons. The van der Waals surface area contributed by atoms with Crippen molar-refractivity contribution in [1.82, 2.24) is 5.32 Å². The van der Waals surface area contributed by atoms with Crippen LogP contribution in [0.1, 0.15) is 39.7 Å². The largest absolute Gasteiger partial charge is 0.371 e. The van der Waals surface area contributed by atoms with Gasteiger partial charge in [-0.15, -0.1) is 0 Å². The second-order valence-corrected chi connectivity index (χ2v) is 5.86. The van der Waals surface area contributed by atoms with E-state index >= 15 is 0 Å². The standard InChI is InChI=1S/C17H27N3/c1-6-20(16-10-8-7-9-15(16)4)12-11-17(5,13-18)19-14(2)3/h7-10,14,19H,6,11-12H2,1-5H3. The molecule has 0 aliphatic heterocycles. The molecule has 0 spiro atoms. The molecule has 0 aliphatic rings. The molecule has 0 aromatic heterocycles. The van der Waals surface area contributed by atoms with E-state index in [1.165, 1.54) is 11.3 Å². The SMILES string of the molecule is CCN(CCC(C)(C#N)NC(C)C)c1ccccc1C. The van der Waals surface area contributed by atoms with Gasteiger partial charge in [-0.2, -0.15) is 5.26 Å². The number of hydrogen-bond acceptors (Lipinski definition) is 3. The molecule has 0 aliphatic carbocycles. The Kier molecular flexibility index (Phi) is 6.04. The Hall–Kier alpha value is -1.53. The fraction of sp³-hybridized carbons (Fsp3) is 0.588. The highest BCUT2D eigenvalue weighted by atomic mass is 15.1. The number of nitrogens with one attached hydrogen (secondary N) is 1. The summed E-state index contributed by atoms with van der Waals surface area (Å²) in [6.07, 6.45) is 0.809. The molecule has 110 valence electrons. The number of para-hydroxylation sites is 1. The van der Waals surface area contributed by atoms with E-state index < -0.39 is 5.54 Å². The highest BCUT2D eigenvalue weighted by Gasteiger charge is 2.25. The Morgan fingerprint density at radius 2 is 2.00 bits per heavy atom. The lowest BCUT2D eigenvalue weighted by Gasteiger charge is -2.31. The third-order valence-corrected chi connectivity index (χ3v) is 3.57. The highest BCUT2D eigenvalue weighted by Crippen LogP contribution is 2.21. The Balaban J connectivity index is 2.75. The first kappa shape index (κ1) is 16.5. The van der Waals surface area contributed by atoms with Crippen molar-refractivity contribution in [2.24, 2.45) is 0 Å². The number of hydrogen-bond donors (Lipinski definition) is 1. The summed E-state index contributed by atoms with van der Waals surface area (Å²) in [6.45, 7) is 12.3. The van der Waals surface area contributed by atoms with Gasteiger partial charge in [-0.25, -0.2) is 0 Å². The monoisotopic (exact) mass is 273 g/mol. The van der Waals surface area contributed by atoms with Gasteiger partial charge in [0, 0.05) is 24.8 Å². The van der Waals surface area contributed by atoms with E-state index in [0.717, 1.165) is 19.5 Å². The van der Waals surface area contributed by atoms with E-state index in [-0.39, 0.29) is 0 Å². The summed E-state index contributed by atoms with van der Waals surface area (Å²) in [5, 5.41) is 12.8. The van der Waals surface area contributed by atoms with Crippen LogP contribution in [-0.4, -0.2) is 24.7 Å². The minimum Gasteiger partial charge on any atom is -0.371 e. The molecule has 0 bridgehead atoms. The number of nitrogens with zero attached hydrogens (tertiary/aromatic N) is 2. The summed E-state index contributed by atoms with van der Waals surface area (Å²) in [5.74, 6) is 0. The van der Waals surface area contributed by atoms with Gasteiger partial charge in [0.1, 0.15) is 5.54 Å². The molecule has 3 nitrogen and oxygen atoms in total. The maximum atomic E-state index is 9.41. The average molecular weight is 273 g/mol. The number of aryl methyl sites for hydroxylation is 1. The van der Waals surface area contributed by atoms with Gasteiger partial charge >= 0.3 is 0 Å². The second-order valence-electron chi connectivity index (χ2n) is 5.86. The zero-order valence-electron chi connectivity index (χ0n) is 13.4. The van der Waals surface area contributed by atoms with Crippen LogP contribution < -0.4 is 10.2 Å². The van der Waals surface area contributed by atoms with Crippen molar-refractivity contribution in [2.75, 3.05) is 18.0 Å². The van der Waals surface area contributed by atoms with Crippen molar-refractivity contribution < 1.29 is 0 Å². The lowest BCUT2D eigenvalue weighted by atomic mass is 9.98.